The fourth-order valence-electron chi connectivity index (χ4n) is 2.35. The second-order valence-corrected chi connectivity index (χ2v) is 5.59. The summed E-state index contributed by atoms with van der Waals surface area (Å²) in [5.41, 5.74) is 2.87. The highest BCUT2D eigenvalue weighted by Gasteiger charge is 2.14. The van der Waals surface area contributed by atoms with Crippen molar-refractivity contribution in [3.05, 3.63) is 33.7 Å². The Morgan fingerprint density at radius 2 is 2.25 bits per heavy atom. The molecule has 2 nitrogen and oxygen atoms in total. The molecule has 0 fully saturated rings. The number of hydrogen-bond donors (Lipinski definition) is 0. The Bertz CT molecular complexity index is 411. The fraction of sp³-hybridized carbons (Fsp3) is 0.615. The number of aromatic nitrogens is 1. The van der Waals surface area contributed by atoms with Gasteiger partial charge < -0.3 is 4.57 Å². The molecule has 1 aromatic rings. The van der Waals surface area contributed by atoms with Crippen LogP contribution < -0.4 is 5.56 Å². The van der Waals surface area contributed by atoms with Crippen LogP contribution in [0, 0.1) is 0 Å². The van der Waals surface area contributed by atoms with Gasteiger partial charge in [-0.3, -0.25) is 4.79 Å². The predicted molar refractivity (Wildman–Crippen MR) is 70.3 cm³/mol. The number of nitrogens with zero attached hydrogens (tertiary/aromatic N) is 1. The predicted octanol–water partition coefficient (Wildman–Crippen LogP) is 2.48. The minimum atomic E-state index is 0.183. The first-order valence-corrected chi connectivity index (χ1v) is 7.27. The van der Waals surface area contributed by atoms with Crippen LogP contribution in [-0.4, -0.2) is 16.1 Å². The topological polar surface area (TPSA) is 22.0 Å². The van der Waals surface area contributed by atoms with E-state index in [-0.39, 0.29) is 5.56 Å². The van der Waals surface area contributed by atoms with E-state index in [1.807, 2.05) is 22.4 Å². The van der Waals surface area contributed by atoms with Crippen LogP contribution in [0.1, 0.15) is 31.0 Å². The molecule has 0 spiro atoms. The maximum Gasteiger partial charge on any atom is 0.250 e. The molecular weight excluding hydrogens is 218 g/mol. The lowest BCUT2D eigenvalue weighted by atomic mass is 10.2. The molecule has 0 saturated heterocycles. The van der Waals surface area contributed by atoms with Crippen LogP contribution in [0.2, 0.25) is 0 Å². The Labute approximate surface area is 101 Å². The van der Waals surface area contributed by atoms with E-state index in [4.69, 9.17) is 0 Å². The van der Waals surface area contributed by atoms with E-state index in [2.05, 4.69) is 6.92 Å². The monoisotopic (exact) mass is 237 g/mol. The van der Waals surface area contributed by atoms with E-state index in [9.17, 15) is 4.79 Å². The Hall–Kier alpha value is -0.700. The maximum atomic E-state index is 11.8. The third-order valence-electron chi connectivity index (χ3n) is 3.12. The van der Waals surface area contributed by atoms with Crippen LogP contribution in [0.15, 0.2) is 16.9 Å². The lowest BCUT2D eigenvalue weighted by molar-refractivity contribution is 0.627. The Kier molecular flexibility index (Phi) is 4.10. The first kappa shape index (κ1) is 11.8. The smallest absolute Gasteiger partial charge is 0.250 e. The summed E-state index contributed by atoms with van der Waals surface area (Å²) in [7, 11) is 0. The van der Waals surface area contributed by atoms with Crippen LogP contribution in [0.25, 0.3) is 0 Å². The summed E-state index contributed by atoms with van der Waals surface area (Å²) in [6, 6.07) is 3.75. The molecule has 3 heteroatoms. The molecule has 2 rings (SSSR count). The van der Waals surface area contributed by atoms with Crippen molar-refractivity contribution in [1.82, 2.24) is 4.57 Å². The van der Waals surface area contributed by atoms with Crippen LogP contribution in [-0.2, 0) is 19.4 Å². The first-order valence-electron chi connectivity index (χ1n) is 6.12. The minimum Gasteiger partial charge on any atom is -0.312 e. The minimum absolute atomic E-state index is 0.183. The van der Waals surface area contributed by atoms with Crippen molar-refractivity contribution in [3.8, 4) is 0 Å². The highest BCUT2D eigenvalue weighted by Crippen LogP contribution is 2.20. The SMILES string of the molecule is CCSCCCn1c2c(ccc1=O)CCC2. The molecule has 1 aliphatic carbocycles. The average molecular weight is 237 g/mol. The summed E-state index contributed by atoms with van der Waals surface area (Å²) >= 11 is 1.95. The van der Waals surface area contributed by atoms with E-state index in [0.29, 0.717) is 0 Å². The number of aryl methyl sites for hydroxylation is 1. The first-order chi connectivity index (χ1) is 7.83. The summed E-state index contributed by atoms with van der Waals surface area (Å²) in [4.78, 5) is 11.8. The molecule has 0 radical (unpaired) electrons. The molecule has 0 atom stereocenters. The average Bonchev–Trinajstić information content (AvgIpc) is 2.75. The van der Waals surface area contributed by atoms with Gasteiger partial charge in [-0.05, 0) is 42.8 Å². The van der Waals surface area contributed by atoms with Crippen molar-refractivity contribution in [1.29, 1.82) is 0 Å². The van der Waals surface area contributed by atoms with Gasteiger partial charge in [0.15, 0.2) is 0 Å². The molecule has 0 saturated carbocycles. The summed E-state index contributed by atoms with van der Waals surface area (Å²) in [5.74, 6) is 2.33. The zero-order valence-corrected chi connectivity index (χ0v) is 10.7. The second-order valence-electron chi connectivity index (χ2n) is 4.20. The van der Waals surface area contributed by atoms with Gasteiger partial charge in [0.2, 0.25) is 0 Å². The van der Waals surface area contributed by atoms with Crippen LogP contribution >= 0.6 is 11.8 Å². The van der Waals surface area contributed by atoms with Crippen molar-refractivity contribution >= 4 is 11.8 Å². The fourth-order valence-corrected chi connectivity index (χ4v) is 2.97. The van der Waals surface area contributed by atoms with Crippen LogP contribution in [0.5, 0.6) is 0 Å². The Morgan fingerprint density at radius 3 is 3.06 bits per heavy atom. The van der Waals surface area contributed by atoms with Gasteiger partial charge in [0, 0.05) is 18.3 Å². The van der Waals surface area contributed by atoms with Crippen LogP contribution in [0.3, 0.4) is 0 Å². The quantitative estimate of drug-likeness (QED) is 0.734. The van der Waals surface area contributed by atoms with E-state index < -0.39 is 0 Å². The number of fused-ring (bicyclic) bond motifs is 1. The second kappa shape index (κ2) is 5.58. The maximum absolute atomic E-state index is 11.8. The summed E-state index contributed by atoms with van der Waals surface area (Å²) in [6.07, 6.45) is 4.56. The van der Waals surface area contributed by atoms with E-state index in [1.165, 1.54) is 23.4 Å². The molecule has 0 unspecified atom stereocenters. The van der Waals surface area contributed by atoms with Gasteiger partial charge in [-0.15, -0.1) is 0 Å². The summed E-state index contributed by atoms with van der Waals surface area (Å²) < 4.78 is 2.00. The Balaban J connectivity index is 2.08. The van der Waals surface area contributed by atoms with Crippen molar-refractivity contribution in [3.63, 3.8) is 0 Å². The van der Waals surface area contributed by atoms with Crippen molar-refractivity contribution in [2.24, 2.45) is 0 Å². The third kappa shape index (κ3) is 2.51. The number of thioether (sulfide) groups is 1. The van der Waals surface area contributed by atoms with Gasteiger partial charge in [-0.1, -0.05) is 13.0 Å². The molecule has 0 bridgehead atoms. The van der Waals surface area contributed by atoms with E-state index in [1.54, 1.807) is 6.07 Å². The normalized spacial score (nSPS) is 14.1. The van der Waals surface area contributed by atoms with Gasteiger partial charge in [0.25, 0.3) is 5.56 Å². The Morgan fingerprint density at radius 1 is 1.38 bits per heavy atom. The number of hydrogen-bond acceptors (Lipinski definition) is 2. The zero-order chi connectivity index (χ0) is 11.4. The van der Waals surface area contributed by atoms with E-state index >= 15 is 0 Å². The largest absolute Gasteiger partial charge is 0.312 e. The molecular formula is C13H19NOS. The van der Waals surface area contributed by atoms with Crippen molar-refractivity contribution < 1.29 is 0 Å². The molecule has 1 heterocycles. The molecule has 16 heavy (non-hydrogen) atoms. The van der Waals surface area contributed by atoms with E-state index in [0.717, 1.165) is 31.6 Å². The van der Waals surface area contributed by atoms with Crippen molar-refractivity contribution in [2.45, 2.75) is 39.2 Å². The molecule has 0 amide bonds. The number of pyridine rings is 1. The van der Waals surface area contributed by atoms with Gasteiger partial charge in [0.1, 0.15) is 0 Å². The molecule has 0 aromatic carbocycles. The van der Waals surface area contributed by atoms with Gasteiger partial charge in [-0.25, -0.2) is 0 Å². The third-order valence-corrected chi connectivity index (χ3v) is 4.11. The molecule has 0 aliphatic heterocycles. The standard InChI is InChI=1S/C13H19NOS/c1-2-16-10-4-9-14-12-6-3-5-11(12)7-8-13(14)15/h7-8H,2-6,9-10H2,1H3. The van der Waals surface area contributed by atoms with Gasteiger partial charge in [0.05, 0.1) is 0 Å². The highest BCUT2D eigenvalue weighted by molar-refractivity contribution is 7.99. The lowest BCUT2D eigenvalue weighted by Gasteiger charge is -2.11. The van der Waals surface area contributed by atoms with Crippen molar-refractivity contribution in [2.75, 3.05) is 11.5 Å². The molecule has 0 N–H and O–H groups in total. The van der Waals surface area contributed by atoms with Gasteiger partial charge >= 0.3 is 0 Å². The summed E-state index contributed by atoms with van der Waals surface area (Å²) in [5, 5.41) is 0. The van der Waals surface area contributed by atoms with Crippen LogP contribution in [0.4, 0.5) is 0 Å². The summed E-state index contributed by atoms with van der Waals surface area (Å²) in [6.45, 7) is 3.08. The molecule has 1 aliphatic rings. The van der Waals surface area contributed by atoms with Gasteiger partial charge in [-0.2, -0.15) is 11.8 Å². The zero-order valence-electron chi connectivity index (χ0n) is 9.87. The number of rotatable bonds is 5. The lowest BCUT2D eigenvalue weighted by Crippen LogP contribution is -2.23. The highest BCUT2D eigenvalue weighted by atomic mass is 32.2. The molecule has 1 aromatic heterocycles. The molecule has 88 valence electrons.